The van der Waals surface area contributed by atoms with Crippen molar-refractivity contribution in [2.75, 3.05) is 33.1 Å². The van der Waals surface area contributed by atoms with Crippen LogP contribution in [0.25, 0.3) is 0 Å². The van der Waals surface area contributed by atoms with E-state index >= 15 is 0 Å². The molecule has 1 N–H and O–H groups in total. The van der Waals surface area contributed by atoms with Crippen LogP contribution in [0, 0.1) is 11.5 Å². The first-order chi connectivity index (χ1) is 7.26. The maximum Gasteiger partial charge on any atom is 0.183 e. The summed E-state index contributed by atoms with van der Waals surface area (Å²) < 4.78 is 10.7. The van der Waals surface area contributed by atoms with Gasteiger partial charge in [0.1, 0.15) is 5.60 Å². The molecule has 0 aromatic rings. The van der Waals surface area contributed by atoms with Gasteiger partial charge in [-0.1, -0.05) is 11.8 Å². The third kappa shape index (κ3) is 3.38. The Morgan fingerprint density at radius 2 is 2.60 bits per heavy atom. The van der Waals surface area contributed by atoms with Crippen LogP contribution in [0.4, 0.5) is 0 Å². The molecule has 1 rings (SSSR count). The summed E-state index contributed by atoms with van der Waals surface area (Å²) in [6.07, 6.45) is 4.57. The lowest BCUT2D eigenvalue weighted by Gasteiger charge is -2.23. The minimum Gasteiger partial charge on any atom is -0.378 e. The van der Waals surface area contributed by atoms with Gasteiger partial charge in [-0.3, -0.25) is 10.3 Å². The molecule has 15 heavy (non-hydrogen) atoms. The van der Waals surface area contributed by atoms with E-state index in [0.717, 1.165) is 6.42 Å². The molecule has 0 spiro atoms. The lowest BCUT2D eigenvalue weighted by atomic mass is 10.0. The number of hydrogen-bond donors (Lipinski definition) is 1. The van der Waals surface area contributed by atoms with Gasteiger partial charge in [0.25, 0.3) is 0 Å². The monoisotopic (exact) mass is 229 g/mol. The number of amidine groups is 1. The predicted molar refractivity (Wildman–Crippen MR) is 59.7 cm³/mol. The molecule has 1 aliphatic rings. The zero-order valence-electron chi connectivity index (χ0n) is 8.95. The quantitative estimate of drug-likeness (QED) is 0.332. The van der Waals surface area contributed by atoms with Gasteiger partial charge in [0.05, 0.1) is 13.2 Å². The predicted octanol–water partition coefficient (Wildman–Crippen LogP) is 0.582. The average molecular weight is 229 g/mol. The first-order valence-corrected chi connectivity index (χ1v) is 5.85. The van der Waals surface area contributed by atoms with Crippen LogP contribution in [0.1, 0.15) is 6.42 Å². The van der Waals surface area contributed by atoms with Gasteiger partial charge >= 0.3 is 0 Å². The van der Waals surface area contributed by atoms with Gasteiger partial charge in [0.15, 0.2) is 11.4 Å². The van der Waals surface area contributed by atoms with Crippen molar-refractivity contribution < 1.29 is 9.47 Å². The minimum absolute atomic E-state index is 0.307. The average Bonchev–Trinajstić information content (AvgIpc) is 2.73. The number of nitriles is 1. The highest BCUT2D eigenvalue weighted by Crippen LogP contribution is 2.22. The van der Waals surface area contributed by atoms with Crippen molar-refractivity contribution in [1.82, 2.24) is 5.32 Å². The maximum absolute atomic E-state index is 8.47. The Bertz CT molecular complexity index is 269. The molecule has 0 saturated carbocycles. The number of nitrogens with one attached hydrogen (secondary N) is 1. The molecule has 0 bridgehead atoms. The number of nitrogens with zero attached hydrogens (tertiary/aromatic N) is 2. The van der Waals surface area contributed by atoms with Crippen LogP contribution in [0.3, 0.4) is 0 Å². The van der Waals surface area contributed by atoms with E-state index in [2.05, 4.69) is 10.3 Å². The van der Waals surface area contributed by atoms with Crippen LogP contribution in [0.15, 0.2) is 4.99 Å². The molecule has 1 saturated heterocycles. The lowest BCUT2D eigenvalue weighted by molar-refractivity contribution is -0.00896. The van der Waals surface area contributed by atoms with Crippen molar-refractivity contribution in [3.8, 4) is 6.19 Å². The highest BCUT2D eigenvalue weighted by Gasteiger charge is 2.34. The summed E-state index contributed by atoms with van der Waals surface area (Å²) in [5.41, 5.74) is -0.307. The van der Waals surface area contributed by atoms with E-state index in [0.29, 0.717) is 24.9 Å². The molecule has 1 atom stereocenters. The third-order valence-electron chi connectivity index (χ3n) is 2.37. The zero-order valence-corrected chi connectivity index (χ0v) is 9.76. The second-order valence-corrected chi connectivity index (χ2v) is 4.05. The summed E-state index contributed by atoms with van der Waals surface area (Å²) >= 11 is 1.41. The molecule has 6 heteroatoms. The molecule has 0 amide bonds. The van der Waals surface area contributed by atoms with Crippen LogP contribution >= 0.6 is 11.8 Å². The molecule has 84 valence electrons. The van der Waals surface area contributed by atoms with Crippen molar-refractivity contribution in [2.45, 2.75) is 12.0 Å². The van der Waals surface area contributed by atoms with E-state index in [9.17, 15) is 0 Å². The first-order valence-electron chi connectivity index (χ1n) is 4.63. The fourth-order valence-corrected chi connectivity index (χ4v) is 1.70. The number of thioether (sulfide) groups is 1. The van der Waals surface area contributed by atoms with Gasteiger partial charge in [-0.25, -0.2) is 0 Å². The second-order valence-electron chi connectivity index (χ2n) is 3.25. The fraction of sp³-hybridized carbons (Fsp3) is 0.778. The Hall–Kier alpha value is -0.770. The summed E-state index contributed by atoms with van der Waals surface area (Å²) in [5, 5.41) is 11.6. The number of ether oxygens (including phenoxy) is 2. The molecule has 1 aliphatic heterocycles. The van der Waals surface area contributed by atoms with Crippen molar-refractivity contribution in [2.24, 2.45) is 4.99 Å². The molecule has 5 nitrogen and oxygen atoms in total. The third-order valence-corrected chi connectivity index (χ3v) is 2.99. The van der Waals surface area contributed by atoms with Crippen molar-refractivity contribution in [3.05, 3.63) is 0 Å². The highest BCUT2D eigenvalue weighted by molar-refractivity contribution is 8.13. The van der Waals surface area contributed by atoms with E-state index in [1.165, 1.54) is 11.8 Å². The van der Waals surface area contributed by atoms with E-state index in [1.807, 2.05) is 12.4 Å². The minimum atomic E-state index is -0.307. The van der Waals surface area contributed by atoms with Gasteiger partial charge in [-0.05, 0) is 6.26 Å². The summed E-state index contributed by atoms with van der Waals surface area (Å²) in [6, 6.07) is 0. The van der Waals surface area contributed by atoms with Gasteiger partial charge in [0, 0.05) is 20.1 Å². The van der Waals surface area contributed by atoms with Crippen molar-refractivity contribution in [3.63, 3.8) is 0 Å². The van der Waals surface area contributed by atoms with Gasteiger partial charge in [-0.15, -0.1) is 0 Å². The molecule has 0 radical (unpaired) electrons. The Morgan fingerprint density at radius 1 is 1.80 bits per heavy atom. The van der Waals surface area contributed by atoms with Crippen LogP contribution in [0.2, 0.25) is 0 Å². The summed E-state index contributed by atoms with van der Waals surface area (Å²) in [5.74, 6) is 0. The number of aliphatic imine (C=N–C) groups is 1. The van der Waals surface area contributed by atoms with E-state index in [4.69, 9.17) is 14.7 Å². The number of methoxy groups -OCH3 is 1. The number of hydrogen-bond acceptors (Lipinski definition) is 5. The first kappa shape index (κ1) is 12.3. The highest BCUT2D eigenvalue weighted by atomic mass is 32.2. The molecule has 0 aromatic heterocycles. The summed E-state index contributed by atoms with van der Waals surface area (Å²) in [4.78, 5) is 4.30. The molecular formula is C9H15N3O2S. The standard InChI is InChI=1S/C9H15N3O2S/c1-13-9(3-4-14-6-9)5-11-8(15-2)12-7-10/h3-6H2,1-2H3,(H,11,12). The molecule has 0 aromatic carbocycles. The molecule has 1 unspecified atom stereocenters. The SMILES string of the molecule is COC1(CN=C(NC#N)SC)CCOC1. The normalized spacial score (nSPS) is 26.3. The molecule has 0 aliphatic carbocycles. The summed E-state index contributed by atoms with van der Waals surface area (Å²) in [6.45, 7) is 1.80. The fourth-order valence-electron chi connectivity index (χ4n) is 1.36. The molecule has 1 heterocycles. The second kappa shape index (κ2) is 5.95. The van der Waals surface area contributed by atoms with Gasteiger partial charge in [-0.2, -0.15) is 5.26 Å². The van der Waals surface area contributed by atoms with Gasteiger partial charge < -0.3 is 9.47 Å². The van der Waals surface area contributed by atoms with Gasteiger partial charge in [0.2, 0.25) is 0 Å². The van der Waals surface area contributed by atoms with Crippen molar-refractivity contribution in [1.29, 1.82) is 5.26 Å². The van der Waals surface area contributed by atoms with Crippen LogP contribution in [-0.4, -0.2) is 43.9 Å². The van der Waals surface area contributed by atoms with E-state index < -0.39 is 0 Å². The zero-order chi connectivity index (χ0) is 11.1. The van der Waals surface area contributed by atoms with Crippen LogP contribution in [-0.2, 0) is 9.47 Å². The van der Waals surface area contributed by atoms with Crippen LogP contribution < -0.4 is 5.32 Å². The smallest absolute Gasteiger partial charge is 0.183 e. The molecular weight excluding hydrogens is 214 g/mol. The summed E-state index contributed by atoms with van der Waals surface area (Å²) in [7, 11) is 1.67. The van der Waals surface area contributed by atoms with Crippen molar-refractivity contribution >= 4 is 16.9 Å². The van der Waals surface area contributed by atoms with E-state index in [1.54, 1.807) is 7.11 Å². The van der Waals surface area contributed by atoms with E-state index in [-0.39, 0.29) is 5.60 Å². The Morgan fingerprint density at radius 3 is 3.07 bits per heavy atom. The number of rotatable bonds is 3. The lowest BCUT2D eigenvalue weighted by Crippen LogP contribution is -2.36. The van der Waals surface area contributed by atoms with Crippen LogP contribution in [0.5, 0.6) is 0 Å². The Balaban J connectivity index is 2.55. The Labute approximate surface area is 93.8 Å². The topological polar surface area (TPSA) is 66.6 Å². The molecule has 1 fully saturated rings. The largest absolute Gasteiger partial charge is 0.378 e. The maximum atomic E-state index is 8.47. The Kier molecular flexibility index (Phi) is 4.88.